The number of fused-ring (bicyclic) bond motifs is 3. The van der Waals surface area contributed by atoms with Crippen LogP contribution in [0, 0.1) is 5.92 Å². The summed E-state index contributed by atoms with van der Waals surface area (Å²) in [6, 6.07) is 6.05. The molecule has 0 unspecified atom stereocenters. The fourth-order valence-electron chi connectivity index (χ4n) is 3.26. The van der Waals surface area contributed by atoms with Crippen LogP contribution in [0.1, 0.15) is 43.5 Å². The van der Waals surface area contributed by atoms with Gasteiger partial charge in [-0.25, -0.2) is 8.42 Å². The molecule has 0 spiro atoms. The van der Waals surface area contributed by atoms with Crippen molar-refractivity contribution in [1.29, 1.82) is 0 Å². The second-order valence-corrected chi connectivity index (χ2v) is 10.3. The van der Waals surface area contributed by atoms with Crippen LogP contribution in [-0.4, -0.2) is 49.3 Å². The fraction of sp³-hybridized carbons (Fsp3) is 0.556. The molecule has 4 rings (SSSR count). The zero-order chi connectivity index (χ0) is 18.5. The number of thioether (sulfide) groups is 1. The van der Waals surface area contributed by atoms with Crippen LogP contribution < -0.4 is 4.90 Å². The molecule has 26 heavy (non-hydrogen) atoms. The summed E-state index contributed by atoms with van der Waals surface area (Å²) >= 11 is 1.33. The fourth-order valence-corrected chi connectivity index (χ4v) is 5.56. The van der Waals surface area contributed by atoms with Crippen molar-refractivity contribution in [3.63, 3.8) is 0 Å². The Kier molecular flexibility index (Phi) is 4.51. The Bertz CT molecular complexity index is 876. The maximum absolute atomic E-state index is 13.0. The van der Waals surface area contributed by atoms with Crippen LogP contribution in [0.25, 0.3) is 0 Å². The first-order valence-corrected chi connectivity index (χ1v) is 11.5. The van der Waals surface area contributed by atoms with Gasteiger partial charge in [-0.15, -0.1) is 4.40 Å². The van der Waals surface area contributed by atoms with Gasteiger partial charge in [0.2, 0.25) is 0 Å². The van der Waals surface area contributed by atoms with Gasteiger partial charge >= 0.3 is 0 Å². The van der Waals surface area contributed by atoms with E-state index < -0.39 is 10.0 Å². The number of benzene rings is 1. The van der Waals surface area contributed by atoms with E-state index in [1.807, 2.05) is 28.0 Å². The lowest BCUT2D eigenvalue weighted by atomic mass is 10.1. The summed E-state index contributed by atoms with van der Waals surface area (Å²) in [5.74, 6) is 0.675. The average molecular weight is 394 g/mol. The molecule has 8 heteroatoms. The summed E-state index contributed by atoms with van der Waals surface area (Å²) in [5.41, 5.74) is 1.62. The highest BCUT2D eigenvalue weighted by Gasteiger charge is 2.36. The molecule has 1 aromatic rings. The number of sulfonamides is 1. The van der Waals surface area contributed by atoms with Gasteiger partial charge in [0.15, 0.2) is 5.17 Å². The van der Waals surface area contributed by atoms with Crippen LogP contribution in [0.3, 0.4) is 0 Å². The zero-order valence-corrected chi connectivity index (χ0v) is 16.6. The molecule has 0 saturated heterocycles. The maximum Gasteiger partial charge on any atom is 0.257 e. The lowest BCUT2D eigenvalue weighted by Crippen LogP contribution is -2.35. The molecule has 2 heterocycles. The van der Waals surface area contributed by atoms with Crippen LogP contribution >= 0.6 is 11.8 Å². The Labute approximate surface area is 158 Å². The molecular weight excluding hydrogens is 370 g/mol. The largest absolute Gasteiger partial charge is 0.336 e. The van der Waals surface area contributed by atoms with E-state index in [0.29, 0.717) is 29.2 Å². The van der Waals surface area contributed by atoms with Crippen LogP contribution in [0.15, 0.2) is 27.5 Å². The maximum atomic E-state index is 13.0. The van der Waals surface area contributed by atoms with E-state index in [2.05, 4.69) is 18.2 Å². The van der Waals surface area contributed by atoms with Crippen molar-refractivity contribution in [3.05, 3.63) is 23.8 Å². The Morgan fingerprint density at radius 1 is 1.38 bits per heavy atom. The molecule has 0 radical (unpaired) electrons. The molecule has 0 atom stereocenters. The highest BCUT2D eigenvalue weighted by atomic mass is 32.2. The lowest BCUT2D eigenvalue weighted by Gasteiger charge is -2.24. The number of amidine groups is 1. The number of anilines is 1. The Balaban J connectivity index is 1.58. The van der Waals surface area contributed by atoms with E-state index in [4.69, 9.17) is 0 Å². The van der Waals surface area contributed by atoms with E-state index in [9.17, 15) is 13.2 Å². The van der Waals surface area contributed by atoms with Gasteiger partial charge in [-0.3, -0.25) is 4.79 Å². The molecule has 0 N–H and O–H groups in total. The SMILES string of the molecule is CC(C)CCN(C(=O)c1ccc2c(c1)SC1=NS(=O)(=O)CCN12)C1CC1. The minimum Gasteiger partial charge on any atom is -0.336 e. The topological polar surface area (TPSA) is 70.0 Å². The molecule has 1 aromatic carbocycles. The number of hydrogen-bond acceptors (Lipinski definition) is 5. The molecule has 3 aliphatic rings. The Morgan fingerprint density at radius 2 is 2.15 bits per heavy atom. The zero-order valence-electron chi connectivity index (χ0n) is 15.0. The summed E-state index contributed by atoms with van der Waals surface area (Å²) < 4.78 is 27.3. The molecular formula is C18H23N3O3S2. The quantitative estimate of drug-likeness (QED) is 0.769. The van der Waals surface area contributed by atoms with Crippen molar-refractivity contribution in [2.75, 3.05) is 23.7 Å². The molecule has 0 aromatic heterocycles. The Morgan fingerprint density at radius 3 is 2.85 bits per heavy atom. The highest BCUT2D eigenvalue weighted by Crippen LogP contribution is 2.42. The summed E-state index contributed by atoms with van der Waals surface area (Å²) in [7, 11) is -3.36. The molecule has 1 saturated carbocycles. The Hall–Kier alpha value is -1.54. The molecule has 2 aliphatic heterocycles. The van der Waals surface area contributed by atoms with Gasteiger partial charge in [-0.05, 0) is 55.1 Å². The first-order chi connectivity index (χ1) is 12.3. The summed E-state index contributed by atoms with van der Waals surface area (Å²) in [4.78, 5) is 17.9. The summed E-state index contributed by atoms with van der Waals surface area (Å²) in [6.07, 6.45) is 3.18. The monoisotopic (exact) mass is 393 g/mol. The van der Waals surface area contributed by atoms with Gasteiger partial charge in [0.25, 0.3) is 15.9 Å². The number of carbonyl (C=O) groups excluding carboxylic acids is 1. The predicted octanol–water partition coefficient (Wildman–Crippen LogP) is 2.95. The van der Waals surface area contributed by atoms with Crippen LogP contribution in [0.5, 0.6) is 0 Å². The number of nitrogens with zero attached hydrogens (tertiary/aromatic N) is 3. The van der Waals surface area contributed by atoms with Crippen molar-refractivity contribution >= 4 is 38.5 Å². The van der Waals surface area contributed by atoms with Gasteiger partial charge in [0, 0.05) is 29.6 Å². The molecule has 0 bridgehead atoms. The third kappa shape index (κ3) is 3.49. The van der Waals surface area contributed by atoms with Gasteiger partial charge in [0.1, 0.15) is 0 Å². The second kappa shape index (κ2) is 6.56. The van der Waals surface area contributed by atoms with E-state index >= 15 is 0 Å². The average Bonchev–Trinajstić information content (AvgIpc) is 3.34. The van der Waals surface area contributed by atoms with Gasteiger partial charge in [0.05, 0.1) is 11.4 Å². The van der Waals surface area contributed by atoms with E-state index in [1.165, 1.54) is 11.8 Å². The normalized spacial score (nSPS) is 20.6. The highest BCUT2D eigenvalue weighted by molar-refractivity contribution is 8.15. The number of rotatable bonds is 5. The lowest BCUT2D eigenvalue weighted by molar-refractivity contribution is 0.0735. The van der Waals surface area contributed by atoms with E-state index in [0.717, 1.165) is 36.4 Å². The van der Waals surface area contributed by atoms with Crippen molar-refractivity contribution < 1.29 is 13.2 Å². The molecule has 1 aliphatic carbocycles. The molecule has 6 nitrogen and oxygen atoms in total. The van der Waals surface area contributed by atoms with E-state index in [1.54, 1.807) is 0 Å². The summed E-state index contributed by atoms with van der Waals surface area (Å²) in [5, 5.41) is 0.495. The number of carbonyl (C=O) groups is 1. The van der Waals surface area contributed by atoms with Crippen molar-refractivity contribution in [3.8, 4) is 0 Å². The van der Waals surface area contributed by atoms with Crippen LogP contribution in [-0.2, 0) is 10.0 Å². The van der Waals surface area contributed by atoms with Crippen molar-refractivity contribution in [2.24, 2.45) is 10.3 Å². The van der Waals surface area contributed by atoms with Crippen LogP contribution in [0.2, 0.25) is 0 Å². The number of amides is 1. The van der Waals surface area contributed by atoms with Gasteiger partial charge in [-0.1, -0.05) is 13.8 Å². The smallest absolute Gasteiger partial charge is 0.257 e. The van der Waals surface area contributed by atoms with Crippen molar-refractivity contribution in [1.82, 2.24) is 4.90 Å². The second-order valence-electron chi connectivity index (χ2n) is 7.51. The van der Waals surface area contributed by atoms with E-state index in [-0.39, 0.29) is 11.7 Å². The van der Waals surface area contributed by atoms with Crippen LogP contribution in [0.4, 0.5) is 5.69 Å². The molecule has 1 amide bonds. The standard InChI is InChI=1S/C18H23N3O3S2/c1-12(2)7-8-20(14-4-5-14)17(22)13-3-6-15-16(11-13)25-18-19-26(23,24)10-9-21(15)18/h3,6,11-12,14H,4-5,7-10H2,1-2H3. The first kappa shape index (κ1) is 17.9. The van der Waals surface area contributed by atoms with Gasteiger partial charge in [-0.2, -0.15) is 0 Å². The molecule has 140 valence electrons. The number of hydrogen-bond donors (Lipinski definition) is 0. The third-order valence-electron chi connectivity index (χ3n) is 4.92. The predicted molar refractivity (Wildman–Crippen MR) is 104 cm³/mol. The third-order valence-corrected chi connectivity index (χ3v) is 7.22. The van der Waals surface area contributed by atoms with Gasteiger partial charge < -0.3 is 9.80 Å². The minimum atomic E-state index is -3.36. The summed E-state index contributed by atoms with van der Waals surface area (Å²) in [6.45, 7) is 5.55. The minimum absolute atomic E-state index is 0.0296. The molecule has 1 fully saturated rings. The van der Waals surface area contributed by atoms with Crippen molar-refractivity contribution in [2.45, 2.75) is 44.0 Å². The first-order valence-electron chi connectivity index (χ1n) is 9.07.